The number of unbranched alkanes of at least 4 members (excludes halogenated alkanes) is 9. The quantitative estimate of drug-likeness (QED) is 0.250. The van der Waals surface area contributed by atoms with Crippen molar-refractivity contribution in [2.75, 3.05) is 0 Å². The van der Waals surface area contributed by atoms with Crippen LogP contribution in [0.15, 0.2) is 47.4 Å². The minimum atomic E-state index is -4.41. The number of benzene rings is 2. The van der Waals surface area contributed by atoms with Crippen LogP contribution in [0.4, 0.5) is 0 Å². The number of hydrogen-bond donors (Lipinski definition) is 2. The van der Waals surface area contributed by atoms with Gasteiger partial charge in [-0.05, 0) is 31.0 Å². The van der Waals surface area contributed by atoms with Crippen molar-refractivity contribution in [1.29, 1.82) is 0 Å². The number of ether oxygens (including phenoxy) is 1. The lowest BCUT2D eigenvalue weighted by molar-refractivity contribution is 0.404. The number of phenols is 1. The number of rotatable bonds is 14. The average Bonchev–Trinajstić information content (AvgIpc) is 2.71. The normalized spacial score (nSPS) is 11.5. The molecule has 0 atom stereocenters. The molecule has 0 amide bonds. The second-order valence-electron chi connectivity index (χ2n) is 7.75. The SMILES string of the molecule is CCCCCCCCCCCCc1cc(S(=O)(=O)O)cc(O)c1Oc1ccccc1. The van der Waals surface area contributed by atoms with Crippen LogP contribution in [-0.4, -0.2) is 18.1 Å². The zero-order valence-electron chi connectivity index (χ0n) is 17.8. The minimum Gasteiger partial charge on any atom is -0.504 e. The summed E-state index contributed by atoms with van der Waals surface area (Å²) < 4.78 is 38.3. The summed E-state index contributed by atoms with van der Waals surface area (Å²) in [6.07, 6.45) is 12.6. The summed E-state index contributed by atoms with van der Waals surface area (Å²) in [7, 11) is -4.41. The van der Waals surface area contributed by atoms with E-state index in [1.54, 1.807) is 12.1 Å². The Morgan fingerprint density at radius 2 is 1.40 bits per heavy atom. The van der Waals surface area contributed by atoms with Crippen molar-refractivity contribution in [3.63, 3.8) is 0 Å². The van der Waals surface area contributed by atoms with E-state index in [9.17, 15) is 18.1 Å². The maximum Gasteiger partial charge on any atom is 0.294 e. The van der Waals surface area contributed by atoms with E-state index in [0.717, 1.165) is 25.3 Å². The fourth-order valence-corrected chi connectivity index (χ4v) is 4.06. The second kappa shape index (κ2) is 12.6. The Morgan fingerprint density at radius 1 is 0.833 bits per heavy atom. The summed E-state index contributed by atoms with van der Waals surface area (Å²) in [5.74, 6) is 0.498. The van der Waals surface area contributed by atoms with Crippen molar-refractivity contribution in [3.8, 4) is 17.2 Å². The lowest BCUT2D eigenvalue weighted by atomic mass is 10.0. The molecule has 0 bridgehead atoms. The Balaban J connectivity index is 1.94. The third-order valence-electron chi connectivity index (χ3n) is 5.18. The zero-order chi connectivity index (χ0) is 21.8. The van der Waals surface area contributed by atoms with Crippen LogP contribution in [0.25, 0.3) is 0 Å². The third kappa shape index (κ3) is 8.36. The molecule has 0 saturated heterocycles. The molecule has 2 N–H and O–H groups in total. The molecule has 2 rings (SSSR count). The molecule has 2 aromatic rings. The van der Waals surface area contributed by atoms with Crippen molar-refractivity contribution in [2.45, 2.75) is 82.4 Å². The van der Waals surface area contributed by atoms with Crippen molar-refractivity contribution < 1.29 is 22.8 Å². The van der Waals surface area contributed by atoms with E-state index in [-0.39, 0.29) is 16.4 Å². The molecule has 0 saturated carbocycles. The molecule has 0 aliphatic rings. The summed E-state index contributed by atoms with van der Waals surface area (Å²) in [6, 6.07) is 11.4. The highest BCUT2D eigenvalue weighted by Gasteiger charge is 2.18. The van der Waals surface area contributed by atoms with Gasteiger partial charge in [0.1, 0.15) is 5.75 Å². The standard InChI is InChI=1S/C24H34O5S/c1-2-3-4-5-6-7-8-9-10-12-15-20-18-22(30(26,27)28)19-23(25)24(20)29-21-16-13-11-14-17-21/h11,13-14,16-19,25H,2-10,12,15H2,1H3,(H,26,27,28). The van der Waals surface area contributed by atoms with Gasteiger partial charge in [-0.3, -0.25) is 4.55 Å². The summed E-state index contributed by atoms with van der Waals surface area (Å²) in [4.78, 5) is -0.317. The van der Waals surface area contributed by atoms with Crippen LogP contribution in [0.3, 0.4) is 0 Å². The van der Waals surface area contributed by atoms with E-state index in [1.807, 2.05) is 18.2 Å². The van der Waals surface area contributed by atoms with Gasteiger partial charge in [0.2, 0.25) is 0 Å². The molecule has 0 unspecified atom stereocenters. The molecular weight excluding hydrogens is 400 g/mol. The Kier molecular flexibility index (Phi) is 10.2. The number of aromatic hydroxyl groups is 1. The van der Waals surface area contributed by atoms with E-state index in [2.05, 4.69) is 6.92 Å². The lowest BCUT2D eigenvalue weighted by Gasteiger charge is -2.14. The van der Waals surface area contributed by atoms with Crippen molar-refractivity contribution in [2.24, 2.45) is 0 Å². The summed E-state index contributed by atoms with van der Waals surface area (Å²) >= 11 is 0. The molecule has 6 heteroatoms. The molecule has 30 heavy (non-hydrogen) atoms. The molecule has 0 aliphatic heterocycles. The Bertz CT molecular complexity index is 863. The minimum absolute atomic E-state index is 0.240. The average molecular weight is 435 g/mol. The van der Waals surface area contributed by atoms with Crippen LogP contribution in [0.5, 0.6) is 17.2 Å². The number of para-hydroxylation sites is 1. The maximum absolute atomic E-state index is 11.6. The number of phenolic OH excluding ortho intramolecular Hbond substituents is 1. The first-order valence-corrected chi connectivity index (χ1v) is 12.4. The van der Waals surface area contributed by atoms with Gasteiger partial charge in [-0.25, -0.2) is 0 Å². The Labute approximate surface area is 180 Å². The Hall–Kier alpha value is -2.05. The van der Waals surface area contributed by atoms with E-state index in [4.69, 9.17) is 4.74 Å². The van der Waals surface area contributed by atoms with Crippen molar-refractivity contribution in [1.82, 2.24) is 0 Å². The number of hydrogen-bond acceptors (Lipinski definition) is 4. The monoisotopic (exact) mass is 434 g/mol. The van der Waals surface area contributed by atoms with E-state index < -0.39 is 10.1 Å². The molecule has 0 spiro atoms. The van der Waals surface area contributed by atoms with Crippen LogP contribution in [0.1, 0.15) is 76.7 Å². The molecule has 2 aromatic carbocycles. The van der Waals surface area contributed by atoms with Gasteiger partial charge in [0.05, 0.1) is 4.90 Å². The first-order chi connectivity index (χ1) is 14.4. The molecule has 0 fully saturated rings. The second-order valence-corrected chi connectivity index (χ2v) is 9.17. The van der Waals surface area contributed by atoms with E-state index in [1.165, 1.54) is 51.0 Å². The number of aryl methyl sites for hydroxylation is 1. The smallest absolute Gasteiger partial charge is 0.294 e. The topological polar surface area (TPSA) is 83.8 Å². The molecular formula is C24H34O5S. The first-order valence-electron chi connectivity index (χ1n) is 11.0. The molecule has 0 aliphatic carbocycles. The third-order valence-corrected chi connectivity index (χ3v) is 6.01. The summed E-state index contributed by atoms with van der Waals surface area (Å²) in [5, 5.41) is 10.4. The predicted octanol–water partition coefficient (Wildman–Crippen LogP) is 6.89. The van der Waals surface area contributed by atoms with Gasteiger partial charge < -0.3 is 9.84 Å². The van der Waals surface area contributed by atoms with Gasteiger partial charge in [0.15, 0.2) is 11.5 Å². The Morgan fingerprint density at radius 3 is 1.97 bits per heavy atom. The fourth-order valence-electron chi connectivity index (χ4n) is 3.51. The summed E-state index contributed by atoms with van der Waals surface area (Å²) in [6.45, 7) is 2.22. The largest absolute Gasteiger partial charge is 0.504 e. The fraction of sp³-hybridized carbons (Fsp3) is 0.500. The van der Waals surface area contributed by atoms with Gasteiger partial charge in [-0.1, -0.05) is 82.9 Å². The first kappa shape index (κ1) is 24.2. The van der Waals surface area contributed by atoms with Gasteiger partial charge in [-0.2, -0.15) is 8.42 Å². The highest BCUT2D eigenvalue weighted by atomic mass is 32.2. The van der Waals surface area contributed by atoms with E-state index >= 15 is 0 Å². The van der Waals surface area contributed by atoms with Crippen LogP contribution in [0, 0.1) is 0 Å². The van der Waals surface area contributed by atoms with E-state index in [0.29, 0.717) is 17.7 Å². The van der Waals surface area contributed by atoms with Gasteiger partial charge in [-0.15, -0.1) is 0 Å². The van der Waals surface area contributed by atoms with Crippen LogP contribution >= 0.6 is 0 Å². The van der Waals surface area contributed by atoms with Crippen molar-refractivity contribution >= 4 is 10.1 Å². The lowest BCUT2D eigenvalue weighted by Crippen LogP contribution is -2.01. The van der Waals surface area contributed by atoms with Gasteiger partial charge in [0.25, 0.3) is 10.1 Å². The van der Waals surface area contributed by atoms with Crippen LogP contribution in [0.2, 0.25) is 0 Å². The highest BCUT2D eigenvalue weighted by molar-refractivity contribution is 7.85. The highest BCUT2D eigenvalue weighted by Crippen LogP contribution is 2.37. The van der Waals surface area contributed by atoms with Crippen LogP contribution < -0.4 is 4.74 Å². The molecule has 166 valence electrons. The molecule has 0 radical (unpaired) electrons. The van der Waals surface area contributed by atoms with Crippen molar-refractivity contribution in [3.05, 3.63) is 48.0 Å². The predicted molar refractivity (Wildman–Crippen MR) is 120 cm³/mol. The van der Waals surface area contributed by atoms with Gasteiger partial charge in [0, 0.05) is 11.6 Å². The summed E-state index contributed by atoms with van der Waals surface area (Å²) in [5.41, 5.74) is 0.575. The maximum atomic E-state index is 11.6. The van der Waals surface area contributed by atoms with Crippen LogP contribution in [-0.2, 0) is 16.5 Å². The zero-order valence-corrected chi connectivity index (χ0v) is 18.7. The molecule has 0 heterocycles. The molecule has 5 nitrogen and oxygen atoms in total. The molecule has 0 aromatic heterocycles. The van der Waals surface area contributed by atoms with Gasteiger partial charge >= 0.3 is 0 Å².